The van der Waals surface area contributed by atoms with Crippen LogP contribution in [0.2, 0.25) is 0 Å². The van der Waals surface area contributed by atoms with E-state index in [4.69, 9.17) is 5.73 Å². The molecule has 0 aliphatic rings. The number of hydrogen-bond acceptors (Lipinski definition) is 2. The van der Waals surface area contributed by atoms with E-state index in [0.717, 1.165) is 25.9 Å². The molecule has 0 aliphatic heterocycles. The minimum atomic E-state index is 0.760. The molecule has 0 aromatic heterocycles. The highest BCUT2D eigenvalue weighted by Crippen LogP contribution is 1.82. The second-order valence-corrected chi connectivity index (χ2v) is 1.94. The Morgan fingerprint density at radius 1 is 1.33 bits per heavy atom. The number of hydrogen-bond donors (Lipinski definition) is 2. The molecule has 0 saturated carbocycles. The van der Waals surface area contributed by atoms with Gasteiger partial charge in [0.05, 0.1) is 0 Å². The zero-order valence-corrected chi connectivity index (χ0v) is 6.06. The Bertz CT molecular complexity index is 69.3. The molecule has 0 aliphatic carbocycles. The van der Waals surface area contributed by atoms with Crippen molar-refractivity contribution in [3.63, 3.8) is 0 Å². The Hall–Kier alpha value is -0.340. The maximum Gasteiger partial charge on any atom is -0.00173 e. The van der Waals surface area contributed by atoms with Gasteiger partial charge >= 0.3 is 0 Å². The SMILES string of the molecule is CNCC/C=C/CCN. The van der Waals surface area contributed by atoms with E-state index >= 15 is 0 Å². The molecule has 0 unspecified atom stereocenters. The lowest BCUT2D eigenvalue weighted by atomic mass is 10.3. The van der Waals surface area contributed by atoms with Crippen molar-refractivity contribution < 1.29 is 0 Å². The average Bonchev–Trinajstić information content (AvgIpc) is 1.89. The predicted molar refractivity (Wildman–Crippen MR) is 41.4 cm³/mol. The second-order valence-electron chi connectivity index (χ2n) is 1.94. The maximum atomic E-state index is 5.28. The Kier molecular flexibility index (Phi) is 7.37. The second kappa shape index (κ2) is 7.66. The van der Waals surface area contributed by atoms with E-state index in [1.54, 1.807) is 0 Å². The van der Waals surface area contributed by atoms with Crippen LogP contribution in [0.15, 0.2) is 12.2 Å². The summed E-state index contributed by atoms with van der Waals surface area (Å²) < 4.78 is 0. The lowest BCUT2D eigenvalue weighted by Crippen LogP contribution is -2.05. The highest BCUT2D eigenvalue weighted by Gasteiger charge is 1.75. The molecule has 0 fully saturated rings. The molecular weight excluding hydrogens is 112 g/mol. The molecule has 0 atom stereocenters. The minimum Gasteiger partial charge on any atom is -0.330 e. The molecule has 2 heteroatoms. The first-order chi connectivity index (χ1) is 4.41. The van der Waals surface area contributed by atoms with Crippen LogP contribution in [0.5, 0.6) is 0 Å². The molecule has 0 saturated heterocycles. The summed E-state index contributed by atoms with van der Waals surface area (Å²) in [6.07, 6.45) is 6.39. The molecule has 9 heavy (non-hydrogen) atoms. The summed E-state index contributed by atoms with van der Waals surface area (Å²) in [7, 11) is 1.96. The fourth-order valence-corrected chi connectivity index (χ4v) is 0.560. The van der Waals surface area contributed by atoms with Crippen LogP contribution in [0.25, 0.3) is 0 Å². The fourth-order valence-electron chi connectivity index (χ4n) is 0.560. The number of nitrogens with two attached hydrogens (primary N) is 1. The standard InChI is InChI=1S/C7H16N2/c1-9-7-5-3-2-4-6-8/h2-3,9H,4-8H2,1H3/b3-2+. The normalized spacial score (nSPS) is 10.9. The maximum absolute atomic E-state index is 5.28. The predicted octanol–water partition coefficient (Wildman–Crippen LogP) is 0.501. The molecule has 0 rings (SSSR count). The Labute approximate surface area is 57.1 Å². The zero-order chi connectivity index (χ0) is 6.95. The summed E-state index contributed by atoms with van der Waals surface area (Å²) in [6, 6.07) is 0. The lowest BCUT2D eigenvalue weighted by Gasteiger charge is -1.90. The van der Waals surface area contributed by atoms with Crippen molar-refractivity contribution in [1.82, 2.24) is 5.32 Å². The summed E-state index contributed by atoms with van der Waals surface area (Å²) in [4.78, 5) is 0. The van der Waals surface area contributed by atoms with E-state index in [1.807, 2.05) is 7.05 Å². The van der Waals surface area contributed by atoms with Crippen LogP contribution in [0.4, 0.5) is 0 Å². The van der Waals surface area contributed by atoms with Gasteiger partial charge in [-0.15, -0.1) is 0 Å². The van der Waals surface area contributed by atoms with Crippen LogP contribution < -0.4 is 11.1 Å². The van der Waals surface area contributed by atoms with E-state index in [2.05, 4.69) is 17.5 Å². The van der Waals surface area contributed by atoms with Gasteiger partial charge in [0.15, 0.2) is 0 Å². The van der Waals surface area contributed by atoms with Gasteiger partial charge in [0, 0.05) is 0 Å². The molecule has 3 N–H and O–H groups in total. The van der Waals surface area contributed by atoms with Crippen molar-refractivity contribution in [2.24, 2.45) is 5.73 Å². The first-order valence-corrected chi connectivity index (χ1v) is 3.41. The van der Waals surface area contributed by atoms with Gasteiger partial charge in [-0.1, -0.05) is 12.2 Å². The molecule has 0 spiro atoms. The highest BCUT2D eigenvalue weighted by atomic mass is 14.8. The lowest BCUT2D eigenvalue weighted by molar-refractivity contribution is 0.805. The Morgan fingerprint density at radius 2 is 2.00 bits per heavy atom. The van der Waals surface area contributed by atoms with E-state index in [9.17, 15) is 0 Å². The zero-order valence-electron chi connectivity index (χ0n) is 6.06. The Morgan fingerprint density at radius 3 is 2.56 bits per heavy atom. The third-order valence-corrected chi connectivity index (χ3v) is 1.06. The van der Waals surface area contributed by atoms with Crippen molar-refractivity contribution in [2.75, 3.05) is 20.1 Å². The first-order valence-electron chi connectivity index (χ1n) is 3.41. The van der Waals surface area contributed by atoms with Crippen LogP contribution in [-0.4, -0.2) is 20.1 Å². The number of nitrogens with one attached hydrogen (secondary N) is 1. The first kappa shape index (κ1) is 8.66. The van der Waals surface area contributed by atoms with Crippen molar-refractivity contribution in [1.29, 1.82) is 0 Å². The van der Waals surface area contributed by atoms with Crippen LogP contribution in [-0.2, 0) is 0 Å². The van der Waals surface area contributed by atoms with Gasteiger partial charge in [0.25, 0.3) is 0 Å². The molecule has 54 valence electrons. The average molecular weight is 128 g/mol. The smallest absolute Gasteiger partial charge is 0.00173 e. The highest BCUT2D eigenvalue weighted by molar-refractivity contribution is 4.81. The van der Waals surface area contributed by atoms with Crippen LogP contribution in [0.1, 0.15) is 12.8 Å². The van der Waals surface area contributed by atoms with E-state index in [1.165, 1.54) is 0 Å². The van der Waals surface area contributed by atoms with E-state index < -0.39 is 0 Å². The third kappa shape index (κ3) is 7.66. The molecule has 0 aromatic carbocycles. The van der Waals surface area contributed by atoms with Crippen molar-refractivity contribution in [3.05, 3.63) is 12.2 Å². The van der Waals surface area contributed by atoms with Gasteiger partial charge in [-0.25, -0.2) is 0 Å². The quantitative estimate of drug-likeness (QED) is 0.418. The topological polar surface area (TPSA) is 38.0 Å². The van der Waals surface area contributed by atoms with Gasteiger partial charge in [-0.3, -0.25) is 0 Å². The summed E-state index contributed by atoms with van der Waals surface area (Å²) in [6.45, 7) is 1.82. The van der Waals surface area contributed by atoms with Gasteiger partial charge in [-0.2, -0.15) is 0 Å². The summed E-state index contributed by atoms with van der Waals surface area (Å²) in [5.41, 5.74) is 5.28. The van der Waals surface area contributed by atoms with E-state index in [-0.39, 0.29) is 0 Å². The molecule has 0 heterocycles. The monoisotopic (exact) mass is 128 g/mol. The van der Waals surface area contributed by atoms with Crippen molar-refractivity contribution in [3.8, 4) is 0 Å². The summed E-state index contributed by atoms with van der Waals surface area (Å²) in [5, 5.41) is 3.06. The van der Waals surface area contributed by atoms with Gasteiger partial charge < -0.3 is 11.1 Å². The Balaban J connectivity index is 2.86. The molecule has 2 nitrogen and oxygen atoms in total. The van der Waals surface area contributed by atoms with Crippen molar-refractivity contribution in [2.45, 2.75) is 12.8 Å². The van der Waals surface area contributed by atoms with Crippen LogP contribution >= 0.6 is 0 Å². The summed E-state index contributed by atoms with van der Waals surface area (Å²) >= 11 is 0. The van der Waals surface area contributed by atoms with Crippen LogP contribution in [0.3, 0.4) is 0 Å². The third-order valence-electron chi connectivity index (χ3n) is 1.06. The molecule has 0 amide bonds. The molecule has 0 aromatic rings. The van der Waals surface area contributed by atoms with Gasteiger partial charge in [0.1, 0.15) is 0 Å². The fraction of sp³-hybridized carbons (Fsp3) is 0.714. The molecule has 0 radical (unpaired) electrons. The van der Waals surface area contributed by atoms with Gasteiger partial charge in [0.2, 0.25) is 0 Å². The molecular formula is C7H16N2. The largest absolute Gasteiger partial charge is 0.330 e. The van der Waals surface area contributed by atoms with Crippen LogP contribution in [0, 0.1) is 0 Å². The van der Waals surface area contributed by atoms with E-state index in [0.29, 0.717) is 0 Å². The number of rotatable bonds is 5. The minimum absolute atomic E-state index is 0.760. The van der Waals surface area contributed by atoms with Crippen molar-refractivity contribution >= 4 is 0 Å². The molecule has 0 bridgehead atoms. The van der Waals surface area contributed by atoms with Gasteiger partial charge in [-0.05, 0) is 33.0 Å². The summed E-state index contributed by atoms with van der Waals surface area (Å²) in [5.74, 6) is 0.